The van der Waals surface area contributed by atoms with Gasteiger partial charge in [-0.1, -0.05) is 42.5 Å². The quantitative estimate of drug-likeness (QED) is 0.386. The molecule has 176 valence electrons. The molecule has 3 heterocycles. The third kappa shape index (κ3) is 3.86. The molecular weight excluding hydrogens is 457 g/mol. The number of rotatable bonds is 5. The molecule has 0 spiro atoms. The van der Waals surface area contributed by atoms with Crippen LogP contribution in [0.2, 0.25) is 0 Å². The second-order valence-electron chi connectivity index (χ2n) is 8.41. The summed E-state index contributed by atoms with van der Waals surface area (Å²) >= 11 is 0. The van der Waals surface area contributed by atoms with Crippen molar-refractivity contribution in [1.82, 2.24) is 29.5 Å². The van der Waals surface area contributed by atoms with Crippen LogP contribution in [0, 0.1) is 12.7 Å². The molecule has 6 rings (SSSR count). The normalized spacial score (nSPS) is 11.3. The summed E-state index contributed by atoms with van der Waals surface area (Å²) in [6.45, 7) is 1.84. The van der Waals surface area contributed by atoms with E-state index in [1.54, 1.807) is 33.8 Å². The topological polar surface area (TPSA) is 90.5 Å². The standard InChI is InChI=1S/C27H20FN7O/c1-17-13-24(32-25(36)14-19-7-4-6-18-5-2-3-8-22(18)19)35(33-17)27-23-15-31-34(26(23)29-16-30-27)21-11-9-20(28)10-12-21/h2-13,15-16H,14H2,1H3,(H,32,36). The third-order valence-corrected chi connectivity index (χ3v) is 5.95. The zero-order chi connectivity index (χ0) is 24.6. The van der Waals surface area contributed by atoms with Gasteiger partial charge in [0.25, 0.3) is 0 Å². The summed E-state index contributed by atoms with van der Waals surface area (Å²) in [5.74, 6) is 0.468. The van der Waals surface area contributed by atoms with Gasteiger partial charge in [-0.15, -0.1) is 0 Å². The number of anilines is 1. The number of halogens is 1. The molecule has 1 N–H and O–H groups in total. The van der Waals surface area contributed by atoms with E-state index in [0.717, 1.165) is 16.3 Å². The van der Waals surface area contributed by atoms with E-state index >= 15 is 0 Å². The predicted octanol–water partition coefficient (Wildman–Crippen LogP) is 4.78. The van der Waals surface area contributed by atoms with Crippen molar-refractivity contribution in [3.8, 4) is 11.5 Å². The van der Waals surface area contributed by atoms with Crippen LogP contribution in [0.15, 0.2) is 85.3 Å². The summed E-state index contributed by atoms with van der Waals surface area (Å²) in [6.07, 6.45) is 3.26. The molecule has 3 aromatic heterocycles. The monoisotopic (exact) mass is 477 g/mol. The molecule has 0 aliphatic carbocycles. The summed E-state index contributed by atoms with van der Waals surface area (Å²) in [5, 5.41) is 14.7. The number of amides is 1. The highest BCUT2D eigenvalue weighted by Gasteiger charge is 2.18. The van der Waals surface area contributed by atoms with Gasteiger partial charge in [0.2, 0.25) is 5.91 Å². The molecule has 0 fully saturated rings. The van der Waals surface area contributed by atoms with Gasteiger partial charge in [-0.05, 0) is 47.5 Å². The fraction of sp³-hybridized carbons (Fsp3) is 0.0741. The Balaban J connectivity index is 1.34. The van der Waals surface area contributed by atoms with Crippen LogP contribution in [0.1, 0.15) is 11.3 Å². The maximum Gasteiger partial charge on any atom is 0.229 e. The minimum absolute atomic E-state index is 0.167. The fourth-order valence-electron chi connectivity index (χ4n) is 4.33. The number of carbonyl (C=O) groups excluding carboxylic acids is 1. The molecule has 8 nitrogen and oxygen atoms in total. The van der Waals surface area contributed by atoms with Crippen molar-refractivity contribution in [2.75, 3.05) is 5.32 Å². The van der Waals surface area contributed by atoms with Crippen molar-refractivity contribution in [2.24, 2.45) is 0 Å². The highest BCUT2D eigenvalue weighted by molar-refractivity contribution is 5.96. The van der Waals surface area contributed by atoms with Crippen molar-refractivity contribution in [2.45, 2.75) is 13.3 Å². The molecule has 0 unspecified atom stereocenters. The molecule has 9 heteroatoms. The lowest BCUT2D eigenvalue weighted by Crippen LogP contribution is -2.17. The van der Waals surface area contributed by atoms with E-state index in [9.17, 15) is 9.18 Å². The van der Waals surface area contributed by atoms with E-state index < -0.39 is 0 Å². The number of benzene rings is 3. The molecular formula is C27H20FN7O. The molecule has 0 aliphatic heterocycles. The first-order valence-corrected chi connectivity index (χ1v) is 11.3. The van der Waals surface area contributed by atoms with Crippen LogP contribution in [0.3, 0.4) is 0 Å². The number of aromatic nitrogens is 6. The first kappa shape index (κ1) is 21.6. The average Bonchev–Trinajstić information content (AvgIpc) is 3.48. The molecule has 0 bridgehead atoms. The summed E-state index contributed by atoms with van der Waals surface area (Å²) in [6, 6.07) is 21.7. The summed E-state index contributed by atoms with van der Waals surface area (Å²) in [7, 11) is 0. The van der Waals surface area contributed by atoms with Crippen LogP contribution in [0.25, 0.3) is 33.3 Å². The van der Waals surface area contributed by atoms with Gasteiger partial charge in [-0.2, -0.15) is 14.9 Å². The Labute approximate surface area is 205 Å². The molecule has 6 aromatic rings. The molecule has 1 amide bonds. The van der Waals surface area contributed by atoms with Crippen LogP contribution in [-0.4, -0.2) is 35.4 Å². The average molecular weight is 478 g/mol. The Bertz CT molecular complexity index is 1730. The number of aryl methyl sites for hydroxylation is 1. The molecule has 0 atom stereocenters. The Morgan fingerprint density at radius 2 is 1.75 bits per heavy atom. The van der Waals surface area contributed by atoms with Crippen LogP contribution < -0.4 is 5.32 Å². The van der Waals surface area contributed by atoms with Crippen LogP contribution in [0.4, 0.5) is 10.2 Å². The van der Waals surface area contributed by atoms with E-state index in [-0.39, 0.29) is 18.1 Å². The lowest BCUT2D eigenvalue weighted by Gasteiger charge is -2.10. The van der Waals surface area contributed by atoms with Crippen LogP contribution in [0.5, 0.6) is 0 Å². The number of carbonyl (C=O) groups is 1. The molecule has 0 aliphatic rings. The van der Waals surface area contributed by atoms with Gasteiger partial charge in [-0.3, -0.25) is 4.79 Å². The lowest BCUT2D eigenvalue weighted by atomic mass is 10.0. The van der Waals surface area contributed by atoms with Gasteiger partial charge in [0.15, 0.2) is 11.5 Å². The van der Waals surface area contributed by atoms with Crippen molar-refractivity contribution in [3.05, 3.63) is 102 Å². The third-order valence-electron chi connectivity index (χ3n) is 5.95. The van der Waals surface area contributed by atoms with Crippen molar-refractivity contribution < 1.29 is 9.18 Å². The molecule has 36 heavy (non-hydrogen) atoms. The lowest BCUT2D eigenvalue weighted by molar-refractivity contribution is -0.115. The Hall–Kier alpha value is -4.92. The number of nitrogens with one attached hydrogen (secondary N) is 1. The molecule has 0 radical (unpaired) electrons. The fourth-order valence-corrected chi connectivity index (χ4v) is 4.33. The molecule has 0 saturated carbocycles. The van der Waals surface area contributed by atoms with Gasteiger partial charge < -0.3 is 5.32 Å². The van der Waals surface area contributed by atoms with Gasteiger partial charge in [0.05, 0.1) is 29.4 Å². The number of hydrogen-bond donors (Lipinski definition) is 1. The van der Waals surface area contributed by atoms with Gasteiger partial charge in [0.1, 0.15) is 18.0 Å². The first-order valence-electron chi connectivity index (χ1n) is 11.3. The minimum Gasteiger partial charge on any atom is -0.310 e. The number of fused-ring (bicyclic) bond motifs is 2. The van der Waals surface area contributed by atoms with E-state index in [1.165, 1.54) is 18.5 Å². The number of nitrogens with zero attached hydrogens (tertiary/aromatic N) is 6. The van der Waals surface area contributed by atoms with Crippen LogP contribution >= 0.6 is 0 Å². The zero-order valence-corrected chi connectivity index (χ0v) is 19.3. The summed E-state index contributed by atoms with van der Waals surface area (Å²) < 4.78 is 16.6. The van der Waals surface area contributed by atoms with Crippen molar-refractivity contribution >= 4 is 33.5 Å². The smallest absolute Gasteiger partial charge is 0.229 e. The maximum absolute atomic E-state index is 13.4. The van der Waals surface area contributed by atoms with Gasteiger partial charge in [-0.25, -0.2) is 19.0 Å². The van der Waals surface area contributed by atoms with E-state index in [1.807, 2.05) is 49.4 Å². The Morgan fingerprint density at radius 1 is 0.944 bits per heavy atom. The summed E-state index contributed by atoms with van der Waals surface area (Å²) in [5.41, 5.74) is 2.86. The Morgan fingerprint density at radius 3 is 2.61 bits per heavy atom. The molecule has 3 aromatic carbocycles. The minimum atomic E-state index is -0.332. The first-order chi connectivity index (χ1) is 17.6. The highest BCUT2D eigenvalue weighted by atomic mass is 19.1. The highest BCUT2D eigenvalue weighted by Crippen LogP contribution is 2.25. The summed E-state index contributed by atoms with van der Waals surface area (Å²) in [4.78, 5) is 21.9. The van der Waals surface area contributed by atoms with Gasteiger partial charge in [0, 0.05) is 6.07 Å². The van der Waals surface area contributed by atoms with Gasteiger partial charge >= 0.3 is 0 Å². The number of hydrogen-bond acceptors (Lipinski definition) is 5. The Kier molecular flexibility index (Phi) is 5.22. The van der Waals surface area contributed by atoms with Crippen molar-refractivity contribution in [1.29, 1.82) is 0 Å². The van der Waals surface area contributed by atoms with Crippen molar-refractivity contribution in [3.63, 3.8) is 0 Å². The van der Waals surface area contributed by atoms with E-state index in [0.29, 0.717) is 34.1 Å². The second kappa shape index (κ2) is 8.70. The van der Waals surface area contributed by atoms with E-state index in [4.69, 9.17) is 0 Å². The maximum atomic E-state index is 13.4. The van der Waals surface area contributed by atoms with E-state index in [2.05, 4.69) is 25.5 Å². The van der Waals surface area contributed by atoms with Crippen LogP contribution in [-0.2, 0) is 11.2 Å². The second-order valence-corrected chi connectivity index (χ2v) is 8.41. The largest absolute Gasteiger partial charge is 0.310 e. The zero-order valence-electron chi connectivity index (χ0n) is 19.3. The SMILES string of the molecule is Cc1cc(NC(=O)Cc2cccc3ccccc23)n(-c2ncnc3c2cnn3-c2ccc(F)cc2)n1. The molecule has 0 saturated heterocycles. The predicted molar refractivity (Wildman–Crippen MR) is 135 cm³/mol.